The number of anilines is 1. The number of carbonyl (C=O) groups excluding carboxylic acids is 1. The number of hydrogen-bond acceptors (Lipinski definition) is 2. The predicted molar refractivity (Wildman–Crippen MR) is 88.7 cm³/mol. The van der Waals surface area contributed by atoms with Gasteiger partial charge in [-0.15, -0.1) is 0 Å². The molecule has 0 bridgehead atoms. The highest BCUT2D eigenvalue weighted by molar-refractivity contribution is 5.77. The number of hydrogen-bond donors (Lipinski definition) is 2. The number of para-hydroxylation sites is 1. The highest BCUT2D eigenvalue weighted by Crippen LogP contribution is 2.19. The van der Waals surface area contributed by atoms with Gasteiger partial charge in [-0.25, -0.2) is 0 Å². The summed E-state index contributed by atoms with van der Waals surface area (Å²) in [6, 6.07) is 6.66. The quantitative estimate of drug-likeness (QED) is 0.806. The van der Waals surface area contributed by atoms with Crippen LogP contribution < -0.4 is 10.6 Å². The molecule has 3 nitrogen and oxygen atoms in total. The van der Waals surface area contributed by atoms with Crippen molar-refractivity contribution in [3.05, 3.63) is 29.3 Å². The highest BCUT2D eigenvalue weighted by Gasteiger charge is 2.14. The lowest BCUT2D eigenvalue weighted by atomic mass is 10.1. The Balaban J connectivity index is 1.74. The van der Waals surface area contributed by atoms with E-state index in [9.17, 15) is 4.79 Å². The van der Waals surface area contributed by atoms with Crippen LogP contribution in [0.25, 0.3) is 0 Å². The first-order chi connectivity index (χ1) is 10.2. The van der Waals surface area contributed by atoms with Crippen molar-refractivity contribution in [3.8, 4) is 0 Å². The number of carbonyl (C=O) groups is 1. The molecule has 0 radical (unpaired) electrons. The van der Waals surface area contributed by atoms with Gasteiger partial charge in [-0.3, -0.25) is 4.79 Å². The van der Waals surface area contributed by atoms with Crippen LogP contribution in [0.4, 0.5) is 5.69 Å². The molecule has 0 atom stereocenters. The van der Waals surface area contributed by atoms with Crippen molar-refractivity contribution in [2.45, 2.75) is 64.8 Å². The van der Waals surface area contributed by atoms with Crippen molar-refractivity contribution in [1.29, 1.82) is 0 Å². The van der Waals surface area contributed by atoms with Gasteiger partial charge < -0.3 is 10.6 Å². The van der Waals surface area contributed by atoms with E-state index < -0.39 is 0 Å². The maximum absolute atomic E-state index is 12.0. The van der Waals surface area contributed by atoms with Crippen LogP contribution in [-0.2, 0) is 4.79 Å². The van der Waals surface area contributed by atoms with E-state index in [-0.39, 0.29) is 5.91 Å². The topological polar surface area (TPSA) is 41.1 Å². The van der Waals surface area contributed by atoms with Crippen molar-refractivity contribution >= 4 is 11.6 Å². The average Bonchev–Trinajstić information content (AvgIpc) is 2.71. The van der Waals surface area contributed by atoms with E-state index in [0.717, 1.165) is 12.8 Å². The second kappa shape index (κ2) is 8.06. The van der Waals surface area contributed by atoms with Crippen molar-refractivity contribution in [3.63, 3.8) is 0 Å². The fourth-order valence-corrected chi connectivity index (χ4v) is 3.12. The van der Waals surface area contributed by atoms with E-state index in [1.54, 1.807) is 0 Å². The molecule has 2 N–H and O–H groups in total. The Labute approximate surface area is 128 Å². The van der Waals surface area contributed by atoms with Gasteiger partial charge in [0.1, 0.15) is 0 Å². The average molecular weight is 288 g/mol. The third-order valence-corrected chi connectivity index (χ3v) is 4.36. The van der Waals surface area contributed by atoms with Gasteiger partial charge in [0.25, 0.3) is 0 Å². The van der Waals surface area contributed by atoms with Crippen LogP contribution in [0.1, 0.15) is 56.1 Å². The first-order valence-corrected chi connectivity index (χ1v) is 8.26. The molecule has 1 fully saturated rings. The van der Waals surface area contributed by atoms with Gasteiger partial charge in [0.2, 0.25) is 5.91 Å². The second-order valence-electron chi connectivity index (χ2n) is 6.20. The maximum atomic E-state index is 12.0. The monoisotopic (exact) mass is 288 g/mol. The molecule has 1 amide bonds. The number of amides is 1. The third-order valence-electron chi connectivity index (χ3n) is 4.36. The Morgan fingerprint density at radius 1 is 1.10 bits per heavy atom. The maximum Gasteiger partial charge on any atom is 0.221 e. The molecule has 116 valence electrons. The molecule has 1 aliphatic rings. The summed E-state index contributed by atoms with van der Waals surface area (Å²) in [5.41, 5.74) is 3.64. The van der Waals surface area contributed by atoms with E-state index in [1.807, 2.05) is 0 Å². The summed E-state index contributed by atoms with van der Waals surface area (Å²) >= 11 is 0. The molecular formula is C18H28N2O. The summed E-state index contributed by atoms with van der Waals surface area (Å²) in [7, 11) is 0. The van der Waals surface area contributed by atoms with Crippen LogP contribution in [0, 0.1) is 13.8 Å². The Morgan fingerprint density at radius 3 is 2.33 bits per heavy atom. The summed E-state index contributed by atoms with van der Waals surface area (Å²) in [4.78, 5) is 12.0. The van der Waals surface area contributed by atoms with Crippen LogP contribution >= 0.6 is 0 Å². The minimum Gasteiger partial charge on any atom is -0.384 e. The van der Waals surface area contributed by atoms with Gasteiger partial charge in [0, 0.05) is 24.7 Å². The van der Waals surface area contributed by atoms with Crippen molar-refractivity contribution in [2.75, 3.05) is 11.9 Å². The first-order valence-electron chi connectivity index (χ1n) is 8.26. The number of rotatable bonds is 5. The Bertz CT molecular complexity index is 442. The lowest BCUT2D eigenvalue weighted by molar-refractivity contribution is -0.121. The van der Waals surface area contributed by atoms with Gasteiger partial charge in [0.05, 0.1) is 0 Å². The van der Waals surface area contributed by atoms with Crippen molar-refractivity contribution in [1.82, 2.24) is 5.32 Å². The predicted octanol–water partition coefficient (Wildman–Crippen LogP) is 3.94. The minimum absolute atomic E-state index is 0.181. The van der Waals surface area contributed by atoms with E-state index in [2.05, 4.69) is 42.7 Å². The number of aryl methyl sites for hydroxylation is 2. The number of benzene rings is 1. The van der Waals surface area contributed by atoms with Crippen molar-refractivity contribution < 1.29 is 4.79 Å². The zero-order chi connectivity index (χ0) is 15.1. The van der Waals surface area contributed by atoms with Crippen LogP contribution in [-0.4, -0.2) is 18.5 Å². The van der Waals surface area contributed by atoms with Gasteiger partial charge >= 0.3 is 0 Å². The molecule has 0 saturated heterocycles. The molecule has 0 aromatic heterocycles. The molecule has 2 rings (SSSR count). The second-order valence-corrected chi connectivity index (χ2v) is 6.20. The van der Waals surface area contributed by atoms with E-state index in [0.29, 0.717) is 19.0 Å². The lowest BCUT2D eigenvalue weighted by Crippen LogP contribution is -2.35. The standard InChI is InChI=1S/C18H28N2O/c1-14-8-7-9-15(2)18(14)19-13-12-17(21)20-16-10-5-3-4-6-11-16/h7-9,16,19H,3-6,10-13H2,1-2H3,(H,20,21). The molecule has 1 aliphatic carbocycles. The summed E-state index contributed by atoms with van der Waals surface area (Å²) in [5.74, 6) is 0.181. The molecule has 0 spiro atoms. The van der Waals surface area contributed by atoms with E-state index in [1.165, 1.54) is 42.5 Å². The fraction of sp³-hybridized carbons (Fsp3) is 0.611. The Kier molecular flexibility index (Phi) is 6.09. The first kappa shape index (κ1) is 15.9. The molecule has 1 aromatic rings. The molecule has 0 heterocycles. The normalized spacial score (nSPS) is 16.3. The van der Waals surface area contributed by atoms with Crippen LogP contribution in [0.15, 0.2) is 18.2 Å². The summed E-state index contributed by atoms with van der Waals surface area (Å²) < 4.78 is 0. The Morgan fingerprint density at radius 2 is 1.71 bits per heavy atom. The van der Waals surface area contributed by atoms with Crippen LogP contribution in [0.3, 0.4) is 0 Å². The molecule has 21 heavy (non-hydrogen) atoms. The van der Waals surface area contributed by atoms with Crippen molar-refractivity contribution in [2.24, 2.45) is 0 Å². The molecule has 0 unspecified atom stereocenters. The lowest BCUT2D eigenvalue weighted by Gasteiger charge is -2.17. The Hall–Kier alpha value is -1.51. The summed E-state index contributed by atoms with van der Waals surface area (Å²) in [6.07, 6.45) is 7.99. The van der Waals surface area contributed by atoms with Crippen LogP contribution in [0.5, 0.6) is 0 Å². The highest BCUT2D eigenvalue weighted by atomic mass is 16.1. The minimum atomic E-state index is 0.181. The third kappa shape index (κ3) is 5.07. The van der Waals surface area contributed by atoms with E-state index >= 15 is 0 Å². The summed E-state index contributed by atoms with van der Waals surface area (Å²) in [6.45, 7) is 4.89. The number of nitrogens with one attached hydrogen (secondary N) is 2. The zero-order valence-corrected chi connectivity index (χ0v) is 13.4. The van der Waals surface area contributed by atoms with Gasteiger partial charge in [-0.2, -0.15) is 0 Å². The van der Waals surface area contributed by atoms with Gasteiger partial charge in [0.15, 0.2) is 0 Å². The molecule has 3 heteroatoms. The van der Waals surface area contributed by atoms with Gasteiger partial charge in [-0.05, 0) is 37.8 Å². The smallest absolute Gasteiger partial charge is 0.221 e. The fourth-order valence-electron chi connectivity index (χ4n) is 3.12. The largest absolute Gasteiger partial charge is 0.384 e. The van der Waals surface area contributed by atoms with E-state index in [4.69, 9.17) is 0 Å². The molecule has 1 saturated carbocycles. The molecular weight excluding hydrogens is 260 g/mol. The van der Waals surface area contributed by atoms with Gasteiger partial charge in [-0.1, -0.05) is 43.9 Å². The molecule has 1 aromatic carbocycles. The SMILES string of the molecule is Cc1cccc(C)c1NCCC(=O)NC1CCCCCC1. The summed E-state index contributed by atoms with van der Waals surface area (Å²) in [5, 5.41) is 6.60. The van der Waals surface area contributed by atoms with Crippen LogP contribution in [0.2, 0.25) is 0 Å². The zero-order valence-electron chi connectivity index (χ0n) is 13.4. The molecule has 0 aliphatic heterocycles.